The maximum atomic E-state index is 14.1. The van der Waals surface area contributed by atoms with Crippen LogP contribution in [0.5, 0.6) is 11.5 Å². The predicted octanol–water partition coefficient (Wildman–Crippen LogP) is 2.38. The van der Waals surface area contributed by atoms with Gasteiger partial charge in [0.15, 0.2) is 17.6 Å². The average Bonchev–Trinajstić information content (AvgIpc) is 2.44. The van der Waals surface area contributed by atoms with Crippen molar-refractivity contribution in [1.82, 2.24) is 4.90 Å². The Hall–Kier alpha value is -2.33. The lowest BCUT2D eigenvalue weighted by molar-refractivity contribution is -0.135. The normalized spacial score (nSPS) is 20.9. The van der Waals surface area contributed by atoms with Crippen molar-refractivity contribution in [2.24, 2.45) is 0 Å². The lowest BCUT2D eigenvalue weighted by atomic mass is 10.0. The third-order valence-electron chi connectivity index (χ3n) is 3.46. The Morgan fingerprint density at radius 2 is 2.27 bits per heavy atom. The molecule has 0 bridgehead atoms. The van der Waals surface area contributed by atoms with Gasteiger partial charge in [-0.1, -0.05) is 6.58 Å². The van der Waals surface area contributed by atoms with Crippen LogP contribution in [0, 0.1) is 11.3 Å². The number of anilines is 1. The van der Waals surface area contributed by atoms with Crippen LogP contribution in [0.4, 0.5) is 14.5 Å². The fraction of sp³-hybridized carbons (Fsp3) is 0.400. The molecule has 0 aromatic heterocycles. The Morgan fingerprint density at radius 3 is 2.86 bits per heavy atom. The SMILES string of the molecule is C=COc1ccc(N)c(C#N)c1OC1CCN(C)CC1(F)F. The first-order valence-electron chi connectivity index (χ1n) is 6.72. The molecular formula is C15H17F2N3O2. The molecule has 0 spiro atoms. The lowest BCUT2D eigenvalue weighted by Crippen LogP contribution is -2.52. The Bertz CT molecular complexity index is 614. The van der Waals surface area contributed by atoms with Crippen LogP contribution in [0.2, 0.25) is 0 Å². The van der Waals surface area contributed by atoms with Crippen molar-refractivity contribution < 1.29 is 18.3 Å². The summed E-state index contributed by atoms with van der Waals surface area (Å²) in [5.41, 5.74) is 5.84. The summed E-state index contributed by atoms with van der Waals surface area (Å²) in [5.74, 6) is -2.97. The van der Waals surface area contributed by atoms with Crippen molar-refractivity contribution >= 4 is 5.69 Å². The summed E-state index contributed by atoms with van der Waals surface area (Å²) >= 11 is 0. The van der Waals surface area contributed by atoms with Gasteiger partial charge in [0.2, 0.25) is 0 Å². The molecule has 1 aromatic carbocycles. The first kappa shape index (κ1) is 16.0. The van der Waals surface area contributed by atoms with Crippen molar-refractivity contribution in [2.45, 2.75) is 18.4 Å². The highest BCUT2D eigenvalue weighted by molar-refractivity contribution is 5.66. The molecule has 2 N–H and O–H groups in total. The summed E-state index contributed by atoms with van der Waals surface area (Å²) in [7, 11) is 1.62. The molecule has 0 saturated carbocycles. The lowest BCUT2D eigenvalue weighted by Gasteiger charge is -2.36. The van der Waals surface area contributed by atoms with Gasteiger partial charge in [-0.3, -0.25) is 0 Å². The maximum absolute atomic E-state index is 14.1. The molecule has 1 heterocycles. The molecule has 0 aliphatic carbocycles. The van der Waals surface area contributed by atoms with Crippen molar-refractivity contribution in [3.63, 3.8) is 0 Å². The van der Waals surface area contributed by atoms with Gasteiger partial charge >= 0.3 is 0 Å². The van der Waals surface area contributed by atoms with Crippen LogP contribution in [-0.2, 0) is 0 Å². The highest BCUT2D eigenvalue weighted by Crippen LogP contribution is 2.39. The fourth-order valence-corrected chi connectivity index (χ4v) is 2.37. The van der Waals surface area contributed by atoms with Crippen molar-refractivity contribution in [1.29, 1.82) is 5.26 Å². The Balaban J connectivity index is 2.37. The second-order valence-corrected chi connectivity index (χ2v) is 5.15. The van der Waals surface area contributed by atoms with Crippen LogP contribution in [-0.4, -0.2) is 37.1 Å². The third-order valence-corrected chi connectivity index (χ3v) is 3.46. The number of hydrogen-bond acceptors (Lipinski definition) is 5. The number of hydrogen-bond donors (Lipinski definition) is 1. The fourth-order valence-electron chi connectivity index (χ4n) is 2.37. The molecule has 1 aliphatic rings. The predicted molar refractivity (Wildman–Crippen MR) is 77.9 cm³/mol. The van der Waals surface area contributed by atoms with Gasteiger partial charge in [-0.2, -0.15) is 5.26 Å². The molecule has 0 radical (unpaired) electrons. The number of nitrogens with two attached hydrogens (primary N) is 1. The Kier molecular flexibility index (Phi) is 4.52. The molecule has 2 rings (SSSR count). The van der Waals surface area contributed by atoms with E-state index in [2.05, 4.69) is 6.58 Å². The number of halogens is 2. The van der Waals surface area contributed by atoms with Crippen LogP contribution in [0.1, 0.15) is 12.0 Å². The van der Waals surface area contributed by atoms with Crippen molar-refractivity contribution in [3.05, 3.63) is 30.5 Å². The molecule has 118 valence electrons. The van der Waals surface area contributed by atoms with Crippen LogP contribution in [0.25, 0.3) is 0 Å². The Morgan fingerprint density at radius 1 is 1.55 bits per heavy atom. The van der Waals surface area contributed by atoms with Gasteiger partial charge in [-0.15, -0.1) is 0 Å². The molecule has 0 amide bonds. The topological polar surface area (TPSA) is 71.5 Å². The first-order chi connectivity index (χ1) is 10.4. The number of alkyl halides is 2. The molecule has 1 atom stereocenters. The molecular weight excluding hydrogens is 292 g/mol. The maximum Gasteiger partial charge on any atom is 0.296 e. The van der Waals surface area contributed by atoms with E-state index in [0.29, 0.717) is 6.54 Å². The van der Waals surface area contributed by atoms with Crippen LogP contribution in [0.15, 0.2) is 25.0 Å². The summed E-state index contributed by atoms with van der Waals surface area (Å²) in [5, 5.41) is 9.21. The van der Waals surface area contributed by atoms with E-state index < -0.39 is 18.6 Å². The molecule has 1 fully saturated rings. The number of nitrogens with zero attached hydrogens (tertiary/aromatic N) is 2. The second-order valence-electron chi connectivity index (χ2n) is 5.15. The summed E-state index contributed by atoms with van der Waals surface area (Å²) in [6.45, 7) is 3.48. The third kappa shape index (κ3) is 3.12. The van der Waals surface area contributed by atoms with Gasteiger partial charge < -0.3 is 20.1 Å². The smallest absolute Gasteiger partial charge is 0.296 e. The summed E-state index contributed by atoms with van der Waals surface area (Å²) < 4.78 is 38.8. The molecule has 22 heavy (non-hydrogen) atoms. The monoisotopic (exact) mass is 309 g/mol. The minimum atomic E-state index is -3.03. The highest BCUT2D eigenvalue weighted by atomic mass is 19.3. The summed E-state index contributed by atoms with van der Waals surface area (Å²) in [6, 6.07) is 4.78. The average molecular weight is 309 g/mol. The van der Waals surface area contributed by atoms with E-state index in [1.54, 1.807) is 7.05 Å². The number of nitriles is 1. The quantitative estimate of drug-likeness (QED) is 0.683. The van der Waals surface area contributed by atoms with Gasteiger partial charge in [-0.05, 0) is 19.2 Å². The number of ether oxygens (including phenoxy) is 2. The standard InChI is InChI=1S/C15H17F2N3O2/c1-3-21-12-5-4-11(19)10(8-18)14(12)22-13-6-7-20(2)9-15(13,16)17/h3-5,13H,1,6-7,9,19H2,2H3. The number of piperidine rings is 1. The van der Waals surface area contributed by atoms with Gasteiger partial charge in [0, 0.05) is 13.0 Å². The molecule has 7 heteroatoms. The summed E-state index contributed by atoms with van der Waals surface area (Å²) in [6.07, 6.45) is -0.0759. The molecule has 1 aliphatic heterocycles. The van der Waals surface area contributed by atoms with E-state index in [1.165, 1.54) is 17.0 Å². The van der Waals surface area contributed by atoms with Gasteiger partial charge in [-0.25, -0.2) is 8.78 Å². The van der Waals surface area contributed by atoms with Crippen LogP contribution in [0.3, 0.4) is 0 Å². The molecule has 1 aromatic rings. The number of benzene rings is 1. The van der Waals surface area contributed by atoms with Crippen molar-refractivity contribution in [3.8, 4) is 17.6 Å². The number of likely N-dealkylation sites (tertiary alicyclic amines) is 1. The van der Waals surface area contributed by atoms with E-state index in [0.717, 1.165) is 6.26 Å². The van der Waals surface area contributed by atoms with Crippen LogP contribution < -0.4 is 15.2 Å². The number of rotatable bonds is 4. The van der Waals surface area contributed by atoms with E-state index >= 15 is 0 Å². The van der Waals surface area contributed by atoms with Crippen LogP contribution >= 0.6 is 0 Å². The van der Waals surface area contributed by atoms with E-state index in [-0.39, 0.29) is 29.2 Å². The second kappa shape index (κ2) is 6.20. The molecule has 5 nitrogen and oxygen atoms in total. The van der Waals surface area contributed by atoms with Gasteiger partial charge in [0.25, 0.3) is 5.92 Å². The van der Waals surface area contributed by atoms with E-state index in [1.807, 2.05) is 6.07 Å². The van der Waals surface area contributed by atoms with E-state index in [4.69, 9.17) is 15.2 Å². The van der Waals surface area contributed by atoms with Gasteiger partial charge in [0.1, 0.15) is 11.6 Å². The zero-order valence-electron chi connectivity index (χ0n) is 12.2. The Labute approximate surface area is 127 Å². The minimum absolute atomic E-state index is 0.0194. The molecule has 1 unspecified atom stereocenters. The largest absolute Gasteiger partial charge is 0.479 e. The summed E-state index contributed by atoms with van der Waals surface area (Å²) in [4.78, 5) is 1.53. The first-order valence-corrected chi connectivity index (χ1v) is 6.72. The van der Waals surface area contributed by atoms with Crippen molar-refractivity contribution in [2.75, 3.05) is 25.9 Å². The highest BCUT2D eigenvalue weighted by Gasteiger charge is 2.46. The van der Waals surface area contributed by atoms with E-state index in [9.17, 15) is 14.0 Å². The zero-order valence-corrected chi connectivity index (χ0v) is 12.2. The zero-order chi connectivity index (χ0) is 16.3. The number of nitrogen functional groups attached to an aromatic ring is 1. The van der Waals surface area contributed by atoms with Gasteiger partial charge in [0.05, 0.1) is 18.5 Å². The minimum Gasteiger partial charge on any atom is -0.479 e. The molecule has 1 saturated heterocycles.